The molecule has 2 aromatic carbocycles. The van der Waals surface area contributed by atoms with E-state index in [1.807, 2.05) is 36.4 Å². The fourth-order valence-corrected chi connectivity index (χ4v) is 2.16. The third-order valence-corrected chi connectivity index (χ3v) is 3.11. The van der Waals surface area contributed by atoms with Crippen LogP contribution in [0.15, 0.2) is 58.0 Å². The summed E-state index contributed by atoms with van der Waals surface area (Å²) in [6.45, 7) is 0. The Hall–Kier alpha value is -1.56. The topological polar surface area (TPSA) is 62.4 Å². The van der Waals surface area contributed by atoms with Crippen molar-refractivity contribution in [1.29, 1.82) is 0 Å². The van der Waals surface area contributed by atoms with E-state index in [2.05, 4.69) is 31.7 Å². The maximum Gasteiger partial charge on any atom is 0.215 e. The first-order chi connectivity index (χ1) is 9.19. The van der Waals surface area contributed by atoms with Gasteiger partial charge in [0.25, 0.3) is 0 Å². The number of nitrogens with one attached hydrogen (secondary N) is 2. The summed E-state index contributed by atoms with van der Waals surface area (Å²) in [4.78, 5) is 4.33. The molecule has 0 atom stereocenters. The van der Waals surface area contributed by atoms with E-state index in [0.29, 0.717) is 16.7 Å². The van der Waals surface area contributed by atoms with E-state index in [0.717, 1.165) is 10.2 Å². The Kier molecular flexibility index (Phi) is 4.79. The molecular weight excluding hydrogens is 328 g/mol. The molecule has 0 aliphatic heterocycles. The third kappa shape index (κ3) is 3.96. The Morgan fingerprint density at radius 2 is 1.89 bits per heavy atom. The lowest BCUT2D eigenvalue weighted by Gasteiger charge is -2.09. The lowest BCUT2D eigenvalue weighted by Crippen LogP contribution is -2.35. The van der Waals surface area contributed by atoms with E-state index in [-0.39, 0.29) is 0 Å². The molecule has 0 radical (unpaired) electrons. The first kappa shape index (κ1) is 13.9. The van der Waals surface area contributed by atoms with Crippen LogP contribution in [0, 0.1) is 0 Å². The Morgan fingerprint density at radius 1 is 1.16 bits per heavy atom. The van der Waals surface area contributed by atoms with Crippen molar-refractivity contribution in [3.8, 4) is 0 Å². The zero-order valence-electron chi connectivity index (χ0n) is 9.90. The van der Waals surface area contributed by atoms with Crippen molar-refractivity contribution in [2.24, 2.45) is 10.8 Å². The summed E-state index contributed by atoms with van der Waals surface area (Å²) in [5, 5.41) is 3.60. The minimum atomic E-state index is 0.412. The molecule has 0 saturated heterocycles. The molecule has 0 unspecified atom stereocenters. The number of rotatable bonds is 2. The van der Waals surface area contributed by atoms with E-state index >= 15 is 0 Å². The van der Waals surface area contributed by atoms with Gasteiger partial charge >= 0.3 is 0 Å². The number of hydrazine groups is 1. The molecule has 0 heterocycles. The Bertz CT molecular complexity index is 586. The van der Waals surface area contributed by atoms with Crippen molar-refractivity contribution in [3.63, 3.8) is 0 Å². The lowest BCUT2D eigenvalue weighted by molar-refractivity contribution is 1.02. The largest absolute Gasteiger partial charge is 0.325 e. The SMILES string of the molecule is NNC(=Nc1ccc(Br)cc1Cl)Nc1ccccc1. The number of halogens is 2. The summed E-state index contributed by atoms with van der Waals surface area (Å²) in [5.74, 6) is 5.87. The Labute approximate surface area is 124 Å². The Balaban J connectivity index is 2.23. The van der Waals surface area contributed by atoms with E-state index in [4.69, 9.17) is 17.4 Å². The maximum atomic E-state index is 6.10. The van der Waals surface area contributed by atoms with E-state index in [1.165, 1.54) is 0 Å². The van der Waals surface area contributed by atoms with Gasteiger partial charge in [0, 0.05) is 10.2 Å². The van der Waals surface area contributed by atoms with Crippen LogP contribution in [-0.4, -0.2) is 5.96 Å². The fourth-order valence-electron chi connectivity index (χ4n) is 1.45. The van der Waals surface area contributed by atoms with Crippen molar-refractivity contribution in [3.05, 3.63) is 58.0 Å². The van der Waals surface area contributed by atoms with E-state index < -0.39 is 0 Å². The number of guanidine groups is 1. The molecule has 0 amide bonds. The van der Waals surface area contributed by atoms with Gasteiger partial charge < -0.3 is 5.32 Å². The van der Waals surface area contributed by atoms with Gasteiger partial charge in [0.2, 0.25) is 5.96 Å². The van der Waals surface area contributed by atoms with Crippen molar-refractivity contribution in [1.82, 2.24) is 5.43 Å². The molecule has 6 heteroatoms. The molecule has 0 bridgehead atoms. The first-order valence-electron chi connectivity index (χ1n) is 5.51. The minimum absolute atomic E-state index is 0.412. The normalized spacial score (nSPS) is 11.2. The van der Waals surface area contributed by atoms with Gasteiger partial charge in [-0.25, -0.2) is 10.8 Å². The average Bonchev–Trinajstić information content (AvgIpc) is 2.42. The molecule has 0 spiro atoms. The number of anilines is 1. The molecular formula is C13H12BrClN4. The Morgan fingerprint density at radius 3 is 2.53 bits per heavy atom. The molecule has 0 fully saturated rings. The zero-order chi connectivity index (χ0) is 13.7. The van der Waals surface area contributed by atoms with Gasteiger partial charge in [0.05, 0.1) is 10.7 Å². The van der Waals surface area contributed by atoms with Crippen LogP contribution < -0.4 is 16.6 Å². The second kappa shape index (κ2) is 6.56. The summed E-state index contributed by atoms with van der Waals surface area (Å²) in [6, 6.07) is 15.0. The molecule has 0 saturated carbocycles. The number of para-hydroxylation sites is 1. The van der Waals surface area contributed by atoms with Crippen LogP contribution in [-0.2, 0) is 0 Å². The predicted molar refractivity (Wildman–Crippen MR) is 83.6 cm³/mol. The van der Waals surface area contributed by atoms with Crippen LogP contribution >= 0.6 is 27.5 Å². The number of hydrogen-bond donors (Lipinski definition) is 3. The number of aliphatic imine (C=N–C) groups is 1. The molecule has 0 aliphatic rings. The molecule has 98 valence electrons. The highest BCUT2D eigenvalue weighted by molar-refractivity contribution is 9.10. The van der Waals surface area contributed by atoms with E-state index in [9.17, 15) is 0 Å². The van der Waals surface area contributed by atoms with Crippen molar-refractivity contribution in [2.45, 2.75) is 0 Å². The van der Waals surface area contributed by atoms with Gasteiger partial charge in [0.15, 0.2) is 0 Å². The number of nitrogens with zero attached hydrogens (tertiary/aromatic N) is 1. The quantitative estimate of drug-likeness (QED) is 0.339. The van der Waals surface area contributed by atoms with Crippen LogP contribution in [0.4, 0.5) is 11.4 Å². The monoisotopic (exact) mass is 338 g/mol. The van der Waals surface area contributed by atoms with Crippen molar-refractivity contribution < 1.29 is 0 Å². The molecule has 0 aliphatic carbocycles. The second-order valence-electron chi connectivity index (χ2n) is 3.69. The van der Waals surface area contributed by atoms with Crippen LogP contribution in [0.25, 0.3) is 0 Å². The second-order valence-corrected chi connectivity index (χ2v) is 5.01. The van der Waals surface area contributed by atoms with Crippen molar-refractivity contribution in [2.75, 3.05) is 5.32 Å². The molecule has 0 aromatic heterocycles. The van der Waals surface area contributed by atoms with Crippen LogP contribution in [0.1, 0.15) is 0 Å². The highest BCUT2D eigenvalue weighted by Gasteiger charge is 2.02. The highest BCUT2D eigenvalue weighted by Crippen LogP contribution is 2.28. The highest BCUT2D eigenvalue weighted by atomic mass is 79.9. The van der Waals surface area contributed by atoms with Gasteiger partial charge in [-0.2, -0.15) is 0 Å². The van der Waals surface area contributed by atoms with Crippen LogP contribution in [0.3, 0.4) is 0 Å². The number of benzene rings is 2. The molecule has 19 heavy (non-hydrogen) atoms. The standard InChI is InChI=1S/C13H12BrClN4/c14-9-6-7-12(11(15)8-9)18-13(19-16)17-10-4-2-1-3-5-10/h1-8H,16H2,(H2,17,18,19). The maximum absolute atomic E-state index is 6.10. The smallest absolute Gasteiger partial charge is 0.215 e. The summed E-state index contributed by atoms with van der Waals surface area (Å²) < 4.78 is 0.898. The van der Waals surface area contributed by atoms with Gasteiger partial charge in [-0.05, 0) is 30.3 Å². The molecule has 4 nitrogen and oxygen atoms in total. The lowest BCUT2D eigenvalue weighted by atomic mass is 10.3. The van der Waals surface area contributed by atoms with Crippen LogP contribution in [0.5, 0.6) is 0 Å². The van der Waals surface area contributed by atoms with Gasteiger partial charge in [-0.3, -0.25) is 5.43 Å². The average molecular weight is 340 g/mol. The summed E-state index contributed by atoms with van der Waals surface area (Å²) in [5.41, 5.74) is 4.02. The minimum Gasteiger partial charge on any atom is -0.325 e. The van der Waals surface area contributed by atoms with Crippen LogP contribution in [0.2, 0.25) is 5.02 Å². The number of nitrogens with two attached hydrogens (primary N) is 1. The third-order valence-electron chi connectivity index (χ3n) is 2.32. The van der Waals surface area contributed by atoms with Gasteiger partial charge in [0.1, 0.15) is 0 Å². The van der Waals surface area contributed by atoms with Crippen molar-refractivity contribution >= 4 is 44.9 Å². The summed E-state index contributed by atoms with van der Waals surface area (Å²) in [6.07, 6.45) is 0. The fraction of sp³-hybridized carbons (Fsp3) is 0. The summed E-state index contributed by atoms with van der Waals surface area (Å²) in [7, 11) is 0. The predicted octanol–water partition coefficient (Wildman–Crippen LogP) is 3.67. The zero-order valence-corrected chi connectivity index (χ0v) is 12.2. The molecule has 4 N–H and O–H groups in total. The summed E-state index contributed by atoms with van der Waals surface area (Å²) >= 11 is 9.44. The van der Waals surface area contributed by atoms with Gasteiger partial charge in [-0.1, -0.05) is 45.7 Å². The van der Waals surface area contributed by atoms with E-state index in [1.54, 1.807) is 12.1 Å². The molecule has 2 rings (SSSR count). The first-order valence-corrected chi connectivity index (χ1v) is 6.68. The number of hydrogen-bond acceptors (Lipinski definition) is 2. The van der Waals surface area contributed by atoms with Gasteiger partial charge in [-0.15, -0.1) is 0 Å². The molecule has 2 aromatic rings.